The molecule has 6 heteroatoms. The molecule has 3 rings (SSSR count). The first kappa shape index (κ1) is 17.2. The third kappa shape index (κ3) is 4.68. The van der Waals surface area contributed by atoms with Gasteiger partial charge in [-0.3, -0.25) is 14.4 Å². The molecule has 2 heterocycles. The summed E-state index contributed by atoms with van der Waals surface area (Å²) in [5.41, 5.74) is 3.00. The van der Waals surface area contributed by atoms with Crippen molar-refractivity contribution in [1.82, 2.24) is 14.7 Å². The molecule has 1 fully saturated rings. The highest BCUT2D eigenvalue weighted by Gasteiger charge is 2.11. The second-order valence-corrected chi connectivity index (χ2v) is 7.20. The second kappa shape index (κ2) is 7.94. The normalized spacial score (nSPS) is 15.4. The molecule has 128 valence electrons. The number of piperidine rings is 1. The minimum Gasteiger partial charge on any atom is -0.324 e. The third-order valence-corrected chi connectivity index (χ3v) is 5.06. The van der Waals surface area contributed by atoms with Gasteiger partial charge in [0.2, 0.25) is 5.91 Å². The summed E-state index contributed by atoms with van der Waals surface area (Å²) in [4.78, 5) is 14.6. The first-order chi connectivity index (χ1) is 11.6. The van der Waals surface area contributed by atoms with E-state index in [2.05, 4.69) is 43.4 Å². The largest absolute Gasteiger partial charge is 0.324 e. The number of nitrogens with one attached hydrogen (secondary N) is 1. The molecular weight excluding hydrogens is 368 g/mol. The zero-order valence-corrected chi connectivity index (χ0v) is 15.6. The van der Waals surface area contributed by atoms with Gasteiger partial charge >= 0.3 is 0 Å². The number of benzene rings is 1. The summed E-state index contributed by atoms with van der Waals surface area (Å²) in [5.74, 6) is -0.0752. The Bertz CT molecular complexity index is 670. The van der Waals surface area contributed by atoms with Crippen LogP contribution in [0.15, 0.2) is 34.9 Å². The lowest BCUT2D eigenvalue weighted by atomic mass is 10.1. The maximum atomic E-state index is 12.1. The van der Waals surface area contributed by atoms with Crippen molar-refractivity contribution in [2.75, 3.05) is 18.4 Å². The van der Waals surface area contributed by atoms with Crippen molar-refractivity contribution in [2.45, 2.75) is 39.3 Å². The average Bonchev–Trinajstić information content (AvgIpc) is 2.88. The molecule has 0 spiro atoms. The van der Waals surface area contributed by atoms with Crippen LogP contribution in [-0.4, -0.2) is 33.7 Å². The van der Waals surface area contributed by atoms with E-state index in [0.717, 1.165) is 22.4 Å². The number of anilines is 1. The number of halogens is 1. The highest BCUT2D eigenvalue weighted by molar-refractivity contribution is 9.10. The predicted molar refractivity (Wildman–Crippen MR) is 98.9 cm³/mol. The van der Waals surface area contributed by atoms with Gasteiger partial charge in [-0.25, -0.2) is 0 Å². The highest BCUT2D eigenvalue weighted by Crippen LogP contribution is 2.16. The zero-order chi connectivity index (χ0) is 16.9. The van der Waals surface area contributed by atoms with Crippen LogP contribution in [0.4, 0.5) is 5.69 Å². The fourth-order valence-corrected chi connectivity index (χ4v) is 3.31. The minimum atomic E-state index is -0.0752. The van der Waals surface area contributed by atoms with Gasteiger partial charge in [0.15, 0.2) is 0 Å². The van der Waals surface area contributed by atoms with E-state index in [1.165, 1.54) is 37.9 Å². The van der Waals surface area contributed by atoms with Crippen LogP contribution in [0.5, 0.6) is 0 Å². The first-order valence-electron chi connectivity index (χ1n) is 8.41. The summed E-state index contributed by atoms with van der Waals surface area (Å²) in [5, 5.41) is 7.20. The molecule has 2 aromatic rings. The van der Waals surface area contributed by atoms with Crippen LogP contribution >= 0.6 is 15.9 Å². The molecule has 0 saturated carbocycles. The van der Waals surface area contributed by atoms with E-state index in [0.29, 0.717) is 0 Å². The lowest BCUT2D eigenvalue weighted by molar-refractivity contribution is -0.116. The van der Waals surface area contributed by atoms with Crippen LogP contribution in [-0.2, 0) is 17.9 Å². The van der Waals surface area contributed by atoms with Crippen molar-refractivity contribution < 1.29 is 4.79 Å². The molecule has 24 heavy (non-hydrogen) atoms. The lowest BCUT2D eigenvalue weighted by Crippen LogP contribution is -2.29. The van der Waals surface area contributed by atoms with Gasteiger partial charge < -0.3 is 5.32 Å². The molecule has 1 aliphatic heterocycles. The van der Waals surface area contributed by atoms with Crippen molar-refractivity contribution in [3.05, 3.63) is 46.2 Å². The molecule has 1 amide bonds. The number of aryl methyl sites for hydroxylation is 1. The van der Waals surface area contributed by atoms with E-state index in [-0.39, 0.29) is 12.5 Å². The van der Waals surface area contributed by atoms with Gasteiger partial charge in [-0.05, 0) is 66.5 Å². The molecule has 0 aliphatic carbocycles. The Morgan fingerprint density at radius 2 is 1.92 bits per heavy atom. The summed E-state index contributed by atoms with van der Waals surface area (Å²) in [7, 11) is 0. The van der Waals surface area contributed by atoms with E-state index < -0.39 is 0 Å². The minimum absolute atomic E-state index is 0.0752. The Labute approximate surface area is 151 Å². The number of carbonyl (C=O) groups is 1. The topological polar surface area (TPSA) is 50.2 Å². The van der Waals surface area contributed by atoms with Crippen molar-refractivity contribution in [3.8, 4) is 0 Å². The molecule has 0 radical (unpaired) electrons. The van der Waals surface area contributed by atoms with Gasteiger partial charge in [0.05, 0.1) is 10.2 Å². The van der Waals surface area contributed by atoms with Gasteiger partial charge in [-0.15, -0.1) is 0 Å². The smallest absolute Gasteiger partial charge is 0.246 e. The van der Waals surface area contributed by atoms with Gasteiger partial charge in [0.25, 0.3) is 0 Å². The number of rotatable bonds is 5. The van der Waals surface area contributed by atoms with Crippen LogP contribution in [0.1, 0.15) is 30.5 Å². The molecule has 1 saturated heterocycles. The fourth-order valence-electron chi connectivity index (χ4n) is 2.99. The molecule has 1 aromatic heterocycles. The number of carbonyl (C=O) groups excluding carboxylic acids is 1. The number of hydrogen-bond acceptors (Lipinski definition) is 3. The van der Waals surface area contributed by atoms with Gasteiger partial charge in [0.1, 0.15) is 6.54 Å². The summed E-state index contributed by atoms with van der Waals surface area (Å²) in [6, 6.07) is 8.14. The van der Waals surface area contributed by atoms with Crippen LogP contribution in [0, 0.1) is 6.92 Å². The Kier molecular flexibility index (Phi) is 5.68. The molecule has 0 atom stereocenters. The molecule has 1 N–H and O–H groups in total. The summed E-state index contributed by atoms with van der Waals surface area (Å²) in [6.07, 6.45) is 5.78. The number of hydrogen-bond donors (Lipinski definition) is 1. The predicted octanol–water partition coefficient (Wildman–Crippen LogP) is 3.58. The first-order valence-corrected chi connectivity index (χ1v) is 9.20. The zero-order valence-electron chi connectivity index (χ0n) is 14.0. The number of amides is 1. The summed E-state index contributed by atoms with van der Waals surface area (Å²) >= 11 is 3.40. The highest BCUT2D eigenvalue weighted by atomic mass is 79.9. The van der Waals surface area contributed by atoms with E-state index in [1.54, 1.807) is 4.68 Å². The van der Waals surface area contributed by atoms with Crippen LogP contribution in [0.2, 0.25) is 0 Å². The number of likely N-dealkylation sites (tertiary alicyclic amines) is 1. The summed E-state index contributed by atoms with van der Waals surface area (Å²) in [6.45, 7) is 5.49. The van der Waals surface area contributed by atoms with Gasteiger partial charge in [0, 0.05) is 18.4 Å². The average molecular weight is 391 g/mol. The van der Waals surface area contributed by atoms with Crippen molar-refractivity contribution in [2.24, 2.45) is 0 Å². The number of aromatic nitrogens is 2. The third-order valence-electron chi connectivity index (χ3n) is 4.28. The summed E-state index contributed by atoms with van der Waals surface area (Å²) < 4.78 is 2.55. The molecule has 5 nitrogen and oxygen atoms in total. The maximum Gasteiger partial charge on any atom is 0.246 e. The van der Waals surface area contributed by atoms with Crippen molar-refractivity contribution in [3.63, 3.8) is 0 Å². The molecule has 1 aromatic carbocycles. The number of nitrogens with zero attached hydrogens (tertiary/aromatic N) is 3. The SMILES string of the molecule is Cc1nn(CC(=O)Nc2ccc(CN3CCCCC3)cc2)cc1Br. The monoisotopic (exact) mass is 390 g/mol. The van der Waals surface area contributed by atoms with Gasteiger partial charge in [-0.2, -0.15) is 5.10 Å². The Morgan fingerprint density at radius 1 is 1.21 bits per heavy atom. The Hall–Kier alpha value is -1.66. The van der Waals surface area contributed by atoms with E-state index in [1.807, 2.05) is 25.3 Å². The fraction of sp³-hybridized carbons (Fsp3) is 0.444. The van der Waals surface area contributed by atoms with Crippen LogP contribution in [0.25, 0.3) is 0 Å². The molecule has 0 unspecified atom stereocenters. The van der Waals surface area contributed by atoms with E-state index in [4.69, 9.17) is 0 Å². The Morgan fingerprint density at radius 3 is 2.54 bits per heavy atom. The van der Waals surface area contributed by atoms with Crippen LogP contribution in [0.3, 0.4) is 0 Å². The molecular formula is C18H23BrN4O. The second-order valence-electron chi connectivity index (χ2n) is 6.34. The molecule has 1 aliphatic rings. The standard InChI is InChI=1S/C18H23BrN4O/c1-14-17(19)12-23(21-14)13-18(24)20-16-7-5-15(6-8-16)11-22-9-3-2-4-10-22/h5-8,12H,2-4,9-11,13H2,1H3,(H,20,24). The van der Waals surface area contributed by atoms with Gasteiger partial charge in [-0.1, -0.05) is 18.6 Å². The van der Waals surface area contributed by atoms with Crippen molar-refractivity contribution >= 4 is 27.5 Å². The maximum absolute atomic E-state index is 12.1. The van der Waals surface area contributed by atoms with Crippen molar-refractivity contribution in [1.29, 1.82) is 0 Å². The van der Waals surface area contributed by atoms with E-state index in [9.17, 15) is 4.79 Å². The van der Waals surface area contributed by atoms with Crippen LogP contribution < -0.4 is 5.32 Å². The quantitative estimate of drug-likeness (QED) is 0.848. The Balaban J connectivity index is 1.52. The lowest BCUT2D eigenvalue weighted by Gasteiger charge is -2.26. The molecule has 0 bridgehead atoms. The van der Waals surface area contributed by atoms with E-state index >= 15 is 0 Å².